The fraction of sp³-hybridized carbons (Fsp3) is 0.739. The second-order valence-electron chi connectivity index (χ2n) is 8.37. The van der Waals surface area contributed by atoms with E-state index >= 15 is 0 Å². The molecule has 0 aromatic carbocycles. The van der Waals surface area contributed by atoms with E-state index in [1.807, 2.05) is 0 Å². The van der Waals surface area contributed by atoms with Crippen LogP contribution >= 0.6 is 0 Å². The van der Waals surface area contributed by atoms with Crippen LogP contribution in [-0.2, 0) is 9.59 Å². The molecule has 2 aliphatic heterocycles. The molecule has 4 heteroatoms. The first-order chi connectivity index (χ1) is 13.0. The number of amides is 2. The van der Waals surface area contributed by atoms with Crippen LogP contribution in [0.5, 0.6) is 0 Å². The molecule has 0 bridgehead atoms. The topological polar surface area (TPSA) is 49.4 Å². The lowest BCUT2D eigenvalue weighted by Crippen LogP contribution is -2.44. The van der Waals surface area contributed by atoms with E-state index in [0.29, 0.717) is 19.3 Å². The van der Waals surface area contributed by atoms with E-state index < -0.39 is 0 Å². The van der Waals surface area contributed by atoms with Crippen molar-refractivity contribution in [2.24, 2.45) is 5.92 Å². The molecule has 2 heterocycles. The Hall–Kier alpha value is -1.58. The zero-order chi connectivity index (χ0) is 19.6. The Bertz CT molecular complexity index is 524. The number of likely N-dealkylation sites (tertiary alicyclic amines) is 1. The molecule has 0 aromatic rings. The summed E-state index contributed by atoms with van der Waals surface area (Å²) in [6, 6.07) is -0.0936. The number of rotatable bonds is 12. The van der Waals surface area contributed by atoms with Gasteiger partial charge in [0, 0.05) is 36.6 Å². The number of hydrogen-bond donors (Lipinski definition) is 1. The molecule has 4 nitrogen and oxygen atoms in total. The van der Waals surface area contributed by atoms with E-state index in [1.165, 1.54) is 62.7 Å². The van der Waals surface area contributed by atoms with Crippen LogP contribution in [0, 0.1) is 5.92 Å². The van der Waals surface area contributed by atoms with Crippen molar-refractivity contribution in [2.45, 2.75) is 103 Å². The summed E-state index contributed by atoms with van der Waals surface area (Å²) >= 11 is 0. The molecule has 1 atom stereocenters. The molecule has 27 heavy (non-hydrogen) atoms. The van der Waals surface area contributed by atoms with Gasteiger partial charge in [-0.3, -0.25) is 14.5 Å². The first kappa shape index (κ1) is 21.7. The van der Waals surface area contributed by atoms with Crippen molar-refractivity contribution in [1.29, 1.82) is 0 Å². The average Bonchev–Trinajstić information content (AvgIpc) is 2.89. The summed E-state index contributed by atoms with van der Waals surface area (Å²) in [4.78, 5) is 26.7. The Kier molecular flexibility index (Phi) is 9.09. The monoisotopic (exact) mass is 374 g/mol. The lowest BCUT2D eigenvalue weighted by molar-refractivity contribution is -0.142. The highest BCUT2D eigenvalue weighted by atomic mass is 16.2. The molecule has 1 N–H and O–H groups in total. The van der Waals surface area contributed by atoms with Gasteiger partial charge >= 0.3 is 0 Å². The molecule has 2 saturated heterocycles. The number of unbranched alkanes of at least 4 members (excludes halogenated alkanes) is 9. The van der Waals surface area contributed by atoms with Crippen molar-refractivity contribution >= 4 is 11.8 Å². The highest BCUT2D eigenvalue weighted by Crippen LogP contribution is 2.31. The number of piperidine rings is 1. The van der Waals surface area contributed by atoms with Gasteiger partial charge in [-0.05, 0) is 6.42 Å². The summed E-state index contributed by atoms with van der Waals surface area (Å²) in [5.41, 5.74) is 1.69. The molecular formula is C23H38N2O2. The summed E-state index contributed by atoms with van der Waals surface area (Å²) in [5.74, 6) is -0.0871. The smallest absolute Gasteiger partial charge is 0.233 e. The molecule has 2 aliphatic rings. The van der Waals surface area contributed by atoms with Gasteiger partial charge in [-0.1, -0.05) is 84.3 Å². The highest BCUT2D eigenvalue weighted by molar-refractivity contribution is 6.03. The minimum atomic E-state index is -0.108. The number of nitrogens with one attached hydrogen (secondary N) is 1. The highest BCUT2D eigenvalue weighted by Gasteiger charge is 2.42. The number of nitrogens with zero attached hydrogens (tertiary/aromatic N) is 1. The van der Waals surface area contributed by atoms with Gasteiger partial charge in [0.1, 0.15) is 0 Å². The molecule has 0 spiro atoms. The van der Waals surface area contributed by atoms with Gasteiger partial charge in [0.05, 0.1) is 6.04 Å². The van der Waals surface area contributed by atoms with Crippen LogP contribution in [0.2, 0.25) is 0 Å². The lowest BCUT2D eigenvalue weighted by Gasteiger charge is -2.32. The molecule has 0 aliphatic carbocycles. The van der Waals surface area contributed by atoms with Crippen LogP contribution < -0.4 is 5.32 Å². The zero-order valence-electron chi connectivity index (χ0n) is 17.2. The van der Waals surface area contributed by atoms with Gasteiger partial charge in [-0.2, -0.15) is 0 Å². The maximum absolute atomic E-state index is 12.7. The molecule has 0 saturated carbocycles. The summed E-state index contributed by atoms with van der Waals surface area (Å²) < 4.78 is 0. The Morgan fingerprint density at radius 1 is 0.852 bits per heavy atom. The van der Waals surface area contributed by atoms with Crippen molar-refractivity contribution in [1.82, 2.24) is 10.2 Å². The largest absolute Gasteiger partial charge is 0.363 e. The predicted octanol–water partition coefficient (Wildman–Crippen LogP) is 5.45. The molecule has 2 amide bonds. The number of hydrogen-bond acceptors (Lipinski definition) is 3. The van der Waals surface area contributed by atoms with E-state index in [4.69, 9.17) is 0 Å². The number of carbonyl (C=O) groups is 2. The van der Waals surface area contributed by atoms with Crippen LogP contribution in [0.1, 0.15) is 96.8 Å². The number of carbonyl (C=O) groups excluding carboxylic acids is 2. The van der Waals surface area contributed by atoms with Crippen LogP contribution in [0.3, 0.4) is 0 Å². The Morgan fingerprint density at radius 2 is 1.37 bits per heavy atom. The van der Waals surface area contributed by atoms with E-state index in [2.05, 4.69) is 25.4 Å². The third-order valence-corrected chi connectivity index (χ3v) is 5.87. The van der Waals surface area contributed by atoms with Gasteiger partial charge in [-0.15, -0.1) is 0 Å². The molecule has 1 unspecified atom stereocenters. The zero-order valence-corrected chi connectivity index (χ0v) is 17.2. The first-order valence-corrected chi connectivity index (χ1v) is 11.0. The quantitative estimate of drug-likeness (QED) is 0.365. The van der Waals surface area contributed by atoms with Crippen LogP contribution in [0.15, 0.2) is 24.6 Å². The van der Waals surface area contributed by atoms with Gasteiger partial charge in [0.2, 0.25) is 11.8 Å². The SMILES string of the molecule is C=C1CC(N2C(=O)CC(CCCCCCCCCCCC)C2=O)CC(=C)N1. The van der Waals surface area contributed by atoms with Gasteiger partial charge in [0.25, 0.3) is 0 Å². The summed E-state index contributed by atoms with van der Waals surface area (Å²) in [6.07, 6.45) is 15.4. The van der Waals surface area contributed by atoms with E-state index in [0.717, 1.165) is 24.2 Å². The molecule has 2 fully saturated rings. The van der Waals surface area contributed by atoms with Crippen molar-refractivity contribution < 1.29 is 9.59 Å². The fourth-order valence-corrected chi connectivity index (χ4v) is 4.38. The standard InChI is InChI=1S/C23H38N2O2/c1-4-5-6-7-8-9-10-11-12-13-14-20-17-22(26)25(23(20)27)21-15-18(2)24-19(3)16-21/h20-21,24H,2-17H2,1H3. The van der Waals surface area contributed by atoms with Crippen LogP contribution in [-0.4, -0.2) is 22.8 Å². The van der Waals surface area contributed by atoms with Gasteiger partial charge in [-0.25, -0.2) is 0 Å². The third kappa shape index (κ3) is 6.82. The minimum absolute atomic E-state index is 0.00965. The summed E-state index contributed by atoms with van der Waals surface area (Å²) in [5, 5.41) is 3.11. The molecule has 0 radical (unpaired) electrons. The van der Waals surface area contributed by atoms with E-state index in [1.54, 1.807) is 0 Å². The second kappa shape index (κ2) is 11.3. The van der Waals surface area contributed by atoms with E-state index in [9.17, 15) is 9.59 Å². The second-order valence-corrected chi connectivity index (χ2v) is 8.37. The minimum Gasteiger partial charge on any atom is -0.363 e. The van der Waals surface area contributed by atoms with Crippen molar-refractivity contribution in [3.63, 3.8) is 0 Å². The maximum atomic E-state index is 12.7. The Morgan fingerprint density at radius 3 is 1.93 bits per heavy atom. The van der Waals surface area contributed by atoms with Crippen molar-refractivity contribution in [3.8, 4) is 0 Å². The molecule has 0 aromatic heterocycles. The van der Waals surface area contributed by atoms with Crippen molar-refractivity contribution in [3.05, 3.63) is 24.6 Å². The summed E-state index contributed by atoms with van der Waals surface area (Å²) in [6.45, 7) is 10.1. The molecule has 152 valence electrons. The average molecular weight is 375 g/mol. The third-order valence-electron chi connectivity index (χ3n) is 5.87. The maximum Gasteiger partial charge on any atom is 0.233 e. The number of imide groups is 1. The predicted molar refractivity (Wildman–Crippen MR) is 111 cm³/mol. The van der Waals surface area contributed by atoms with Crippen molar-refractivity contribution in [2.75, 3.05) is 0 Å². The fourth-order valence-electron chi connectivity index (χ4n) is 4.38. The lowest BCUT2D eigenvalue weighted by atomic mass is 9.97. The molecular weight excluding hydrogens is 336 g/mol. The van der Waals surface area contributed by atoms with E-state index in [-0.39, 0.29) is 23.8 Å². The Labute approximate surface area is 165 Å². The first-order valence-electron chi connectivity index (χ1n) is 11.0. The Balaban J connectivity index is 1.62. The van der Waals surface area contributed by atoms with Gasteiger partial charge in [0.15, 0.2) is 0 Å². The molecule has 2 rings (SSSR count). The normalized spacial score (nSPS) is 21.2. The van der Waals surface area contributed by atoms with Crippen LogP contribution in [0.25, 0.3) is 0 Å². The van der Waals surface area contributed by atoms with Crippen LogP contribution in [0.4, 0.5) is 0 Å². The summed E-state index contributed by atoms with van der Waals surface area (Å²) in [7, 11) is 0. The van der Waals surface area contributed by atoms with Gasteiger partial charge < -0.3 is 5.32 Å².